The third-order valence-corrected chi connectivity index (χ3v) is 4.87. The number of aliphatic carboxylic acids is 1. The molecule has 0 saturated carbocycles. The number of hydrogen-bond acceptors (Lipinski definition) is 5. The minimum Gasteiger partial charge on any atom is -0.481 e. The van der Waals surface area contributed by atoms with Gasteiger partial charge in [-0.25, -0.2) is 4.98 Å². The maximum Gasteiger partial charge on any atom is 0.306 e. The number of nitrogens with zero attached hydrogens (tertiary/aromatic N) is 1. The smallest absolute Gasteiger partial charge is 0.306 e. The molecule has 27 heavy (non-hydrogen) atoms. The van der Waals surface area contributed by atoms with Crippen LogP contribution in [-0.4, -0.2) is 22.0 Å². The Hall–Kier alpha value is -2.93. The van der Waals surface area contributed by atoms with Crippen LogP contribution in [0.25, 0.3) is 11.5 Å². The van der Waals surface area contributed by atoms with Crippen LogP contribution in [0.1, 0.15) is 23.9 Å². The van der Waals surface area contributed by atoms with Crippen LogP contribution in [0.15, 0.2) is 45.5 Å². The lowest BCUT2D eigenvalue weighted by Gasteiger charge is -2.08. The second-order valence-corrected chi connectivity index (χ2v) is 7.18. The van der Waals surface area contributed by atoms with Crippen molar-refractivity contribution in [3.8, 4) is 11.5 Å². The van der Waals surface area contributed by atoms with Crippen LogP contribution in [0.5, 0.6) is 0 Å². The molecule has 2 N–H and O–H groups in total. The van der Waals surface area contributed by atoms with Crippen molar-refractivity contribution in [3.63, 3.8) is 0 Å². The van der Waals surface area contributed by atoms with Gasteiger partial charge in [-0.1, -0.05) is 19.1 Å². The molecule has 0 fully saturated rings. The van der Waals surface area contributed by atoms with Crippen LogP contribution in [0.3, 0.4) is 0 Å². The van der Waals surface area contributed by atoms with Crippen LogP contribution in [-0.2, 0) is 22.4 Å². The number of rotatable bonds is 7. The number of benzene rings is 1. The lowest BCUT2D eigenvalue weighted by atomic mass is 10.0. The Morgan fingerprint density at radius 2 is 2.00 bits per heavy atom. The Kier molecular flexibility index (Phi) is 5.71. The second kappa shape index (κ2) is 8.18. The van der Waals surface area contributed by atoms with Gasteiger partial charge in [-0.05, 0) is 42.5 Å². The Morgan fingerprint density at radius 1 is 1.26 bits per heavy atom. The number of aryl methyl sites for hydroxylation is 1. The number of carboxylic acid groups (broad SMARTS) is 1. The van der Waals surface area contributed by atoms with E-state index in [1.54, 1.807) is 37.3 Å². The molecule has 6 nitrogen and oxygen atoms in total. The highest BCUT2D eigenvalue weighted by Crippen LogP contribution is 2.24. The zero-order chi connectivity index (χ0) is 19.4. The number of carbonyl (C=O) groups excluding carboxylic acids is 1. The number of hydrogen-bond donors (Lipinski definition) is 2. The van der Waals surface area contributed by atoms with Gasteiger partial charge in [0.1, 0.15) is 5.76 Å². The molecule has 0 radical (unpaired) electrons. The summed E-state index contributed by atoms with van der Waals surface area (Å²) in [5.41, 5.74) is 3.09. The number of oxazole rings is 1. The van der Waals surface area contributed by atoms with E-state index in [4.69, 9.17) is 9.52 Å². The largest absolute Gasteiger partial charge is 0.481 e. The second-order valence-electron chi connectivity index (χ2n) is 6.40. The molecule has 1 amide bonds. The maximum absolute atomic E-state index is 12.3. The zero-order valence-electron chi connectivity index (χ0n) is 15.1. The van der Waals surface area contributed by atoms with Gasteiger partial charge in [0.15, 0.2) is 0 Å². The van der Waals surface area contributed by atoms with E-state index >= 15 is 0 Å². The predicted octanol–water partition coefficient (Wildman–Crippen LogP) is 4.16. The number of nitrogens with one attached hydrogen (secondary N) is 1. The molecule has 0 spiro atoms. The van der Waals surface area contributed by atoms with Crippen LogP contribution >= 0.6 is 11.3 Å². The van der Waals surface area contributed by atoms with Crippen LogP contribution in [0.4, 0.5) is 5.69 Å². The Labute approximate surface area is 160 Å². The molecule has 0 aliphatic heterocycles. The highest BCUT2D eigenvalue weighted by molar-refractivity contribution is 7.08. The van der Waals surface area contributed by atoms with Crippen molar-refractivity contribution in [3.05, 3.63) is 58.1 Å². The minimum absolute atomic E-state index is 0.122. The van der Waals surface area contributed by atoms with Gasteiger partial charge in [0, 0.05) is 16.6 Å². The highest BCUT2D eigenvalue weighted by atomic mass is 32.1. The topological polar surface area (TPSA) is 92.4 Å². The summed E-state index contributed by atoms with van der Waals surface area (Å²) in [6.07, 6.45) is 0.574. The first kappa shape index (κ1) is 18.8. The molecular weight excluding hydrogens is 364 g/mol. The molecule has 3 aromatic rings. The first-order valence-corrected chi connectivity index (χ1v) is 9.47. The van der Waals surface area contributed by atoms with E-state index < -0.39 is 11.9 Å². The maximum atomic E-state index is 12.3. The normalized spacial score (nSPS) is 11.9. The van der Waals surface area contributed by atoms with E-state index in [0.717, 1.165) is 11.1 Å². The van der Waals surface area contributed by atoms with Crippen molar-refractivity contribution in [1.29, 1.82) is 0 Å². The monoisotopic (exact) mass is 384 g/mol. The van der Waals surface area contributed by atoms with Gasteiger partial charge in [-0.15, -0.1) is 0 Å². The van der Waals surface area contributed by atoms with Crippen molar-refractivity contribution in [2.24, 2.45) is 5.92 Å². The van der Waals surface area contributed by atoms with Gasteiger partial charge in [-0.2, -0.15) is 11.3 Å². The average Bonchev–Trinajstić information content (AvgIpc) is 3.27. The van der Waals surface area contributed by atoms with Crippen LogP contribution in [0.2, 0.25) is 0 Å². The minimum atomic E-state index is -0.822. The average molecular weight is 384 g/mol. The summed E-state index contributed by atoms with van der Waals surface area (Å²) < 4.78 is 5.65. The lowest BCUT2D eigenvalue weighted by molar-refractivity contribution is -0.141. The molecular formula is C20H20N2O4S. The SMILES string of the molecule is Cc1oc(-c2ccsc2)nc1CC(=O)Nc1ccc(CC(C)C(=O)O)cc1. The quantitative estimate of drug-likeness (QED) is 0.638. The third kappa shape index (κ3) is 4.83. The molecule has 1 atom stereocenters. The molecule has 0 bridgehead atoms. The molecule has 0 saturated heterocycles. The highest BCUT2D eigenvalue weighted by Gasteiger charge is 2.15. The van der Waals surface area contributed by atoms with Crippen LogP contribution in [0, 0.1) is 12.8 Å². The summed E-state index contributed by atoms with van der Waals surface area (Å²) in [5, 5.41) is 15.7. The first-order chi connectivity index (χ1) is 12.9. The van der Waals surface area contributed by atoms with Crippen molar-refractivity contribution >= 4 is 28.9 Å². The van der Waals surface area contributed by atoms with E-state index in [0.29, 0.717) is 29.5 Å². The summed E-state index contributed by atoms with van der Waals surface area (Å²) >= 11 is 1.56. The van der Waals surface area contributed by atoms with Gasteiger partial charge in [0.2, 0.25) is 11.8 Å². The van der Waals surface area contributed by atoms with Gasteiger partial charge in [-0.3, -0.25) is 9.59 Å². The molecule has 7 heteroatoms. The molecule has 140 valence electrons. The van der Waals surface area contributed by atoms with E-state index in [1.165, 1.54) is 0 Å². The molecule has 3 rings (SSSR count). The van der Waals surface area contributed by atoms with Crippen molar-refractivity contribution in [2.75, 3.05) is 5.32 Å². The predicted molar refractivity (Wildman–Crippen MR) is 104 cm³/mol. The van der Waals surface area contributed by atoms with Gasteiger partial charge < -0.3 is 14.8 Å². The van der Waals surface area contributed by atoms with E-state index in [1.807, 2.05) is 29.0 Å². The van der Waals surface area contributed by atoms with Gasteiger partial charge in [0.25, 0.3) is 0 Å². The number of carbonyl (C=O) groups is 2. The fourth-order valence-corrected chi connectivity index (χ4v) is 3.25. The Morgan fingerprint density at radius 3 is 2.63 bits per heavy atom. The Balaban J connectivity index is 1.60. The standard InChI is InChI=1S/C20H20N2O4S/c1-12(20(24)25)9-14-3-5-16(6-4-14)21-18(23)10-17-13(2)26-19(22-17)15-7-8-27-11-15/h3-8,11-12H,9-10H2,1-2H3,(H,21,23)(H,24,25). The third-order valence-electron chi connectivity index (χ3n) is 4.19. The lowest BCUT2D eigenvalue weighted by Crippen LogP contribution is -2.15. The number of anilines is 1. The van der Waals surface area contributed by atoms with Crippen molar-refractivity contribution in [1.82, 2.24) is 4.98 Å². The number of carboxylic acids is 1. The van der Waals surface area contributed by atoms with Crippen LogP contribution < -0.4 is 5.32 Å². The fraction of sp³-hybridized carbons (Fsp3) is 0.250. The Bertz CT molecular complexity index is 930. The van der Waals surface area contributed by atoms with Crippen molar-refractivity contribution < 1.29 is 19.1 Å². The van der Waals surface area contributed by atoms with Gasteiger partial charge in [0.05, 0.1) is 18.0 Å². The summed E-state index contributed by atoms with van der Waals surface area (Å²) in [5.74, 6) is -0.303. The summed E-state index contributed by atoms with van der Waals surface area (Å²) in [4.78, 5) is 27.7. The number of aromatic nitrogens is 1. The molecule has 1 aromatic carbocycles. The number of amides is 1. The molecule has 2 aromatic heterocycles. The van der Waals surface area contributed by atoms with E-state index in [2.05, 4.69) is 10.3 Å². The van der Waals surface area contributed by atoms with E-state index in [-0.39, 0.29) is 12.3 Å². The van der Waals surface area contributed by atoms with E-state index in [9.17, 15) is 9.59 Å². The van der Waals surface area contributed by atoms with Crippen molar-refractivity contribution in [2.45, 2.75) is 26.7 Å². The summed E-state index contributed by atoms with van der Waals surface area (Å²) in [6.45, 7) is 3.46. The first-order valence-electron chi connectivity index (χ1n) is 8.53. The summed E-state index contributed by atoms with van der Waals surface area (Å²) in [6, 6.07) is 9.12. The molecule has 1 unspecified atom stereocenters. The summed E-state index contributed by atoms with van der Waals surface area (Å²) in [7, 11) is 0. The van der Waals surface area contributed by atoms with Gasteiger partial charge >= 0.3 is 5.97 Å². The zero-order valence-corrected chi connectivity index (χ0v) is 15.9. The number of thiophene rings is 1. The fourth-order valence-electron chi connectivity index (χ4n) is 2.62. The molecule has 0 aliphatic carbocycles. The molecule has 0 aliphatic rings. The molecule has 2 heterocycles.